The first kappa shape index (κ1) is 15.8. The largest absolute Gasteiger partial charge is 0.342 e. The number of halogens is 1. The summed E-state index contributed by atoms with van der Waals surface area (Å²) in [5.41, 5.74) is 3.30. The fraction of sp³-hybridized carbons (Fsp3) is 0.300. The second kappa shape index (κ2) is 6.31. The third-order valence-corrected chi connectivity index (χ3v) is 5.01. The number of carbonyl (C=O) groups excluding carboxylic acids is 1. The van der Waals surface area contributed by atoms with Gasteiger partial charge < -0.3 is 9.88 Å². The normalized spacial score (nSPS) is 15.7. The maximum atomic E-state index is 13.3. The van der Waals surface area contributed by atoms with Gasteiger partial charge in [-0.3, -0.25) is 4.79 Å². The molecule has 4 nitrogen and oxygen atoms in total. The number of piperidine rings is 1. The molecule has 1 aliphatic heterocycles. The molecule has 0 bridgehead atoms. The number of hydrogen-bond acceptors (Lipinski definition) is 2. The molecule has 25 heavy (non-hydrogen) atoms. The van der Waals surface area contributed by atoms with Gasteiger partial charge in [-0.05, 0) is 49.6 Å². The Labute approximate surface area is 145 Å². The summed E-state index contributed by atoms with van der Waals surface area (Å²) in [5.74, 6) is 1.00. The van der Waals surface area contributed by atoms with Crippen LogP contribution in [0.4, 0.5) is 4.39 Å². The minimum atomic E-state index is -0.263. The Kier molecular flexibility index (Phi) is 3.99. The predicted molar refractivity (Wildman–Crippen MR) is 95.1 cm³/mol. The highest BCUT2D eigenvalue weighted by molar-refractivity contribution is 5.95. The average Bonchev–Trinajstić information content (AvgIpc) is 3.05. The van der Waals surface area contributed by atoms with Gasteiger partial charge in [0.1, 0.15) is 11.6 Å². The van der Waals surface area contributed by atoms with Gasteiger partial charge in [0.25, 0.3) is 5.91 Å². The molecular formula is C20H20FN3O. The third kappa shape index (κ3) is 3.02. The van der Waals surface area contributed by atoms with Crippen LogP contribution in [0.15, 0.2) is 42.5 Å². The number of carbonyl (C=O) groups is 1. The summed E-state index contributed by atoms with van der Waals surface area (Å²) in [6.45, 7) is 3.39. The number of likely N-dealkylation sites (tertiary alicyclic amines) is 1. The van der Waals surface area contributed by atoms with Crippen molar-refractivity contribution in [3.05, 3.63) is 65.2 Å². The van der Waals surface area contributed by atoms with Crippen LogP contribution < -0.4 is 0 Å². The lowest BCUT2D eigenvalue weighted by Crippen LogP contribution is -2.38. The Bertz CT molecular complexity index is 926. The molecule has 4 rings (SSSR count). The van der Waals surface area contributed by atoms with Gasteiger partial charge in [0, 0.05) is 24.6 Å². The Balaban J connectivity index is 1.47. The molecule has 2 heterocycles. The number of nitrogens with zero attached hydrogens (tertiary/aromatic N) is 2. The lowest BCUT2D eigenvalue weighted by Gasteiger charge is -2.31. The summed E-state index contributed by atoms with van der Waals surface area (Å²) in [5, 5.41) is 0. The summed E-state index contributed by atoms with van der Waals surface area (Å²) in [6.07, 6.45) is 1.72. The number of rotatable bonds is 2. The van der Waals surface area contributed by atoms with E-state index in [1.807, 2.05) is 36.1 Å². The summed E-state index contributed by atoms with van der Waals surface area (Å²) < 4.78 is 13.3. The molecule has 1 amide bonds. The zero-order chi connectivity index (χ0) is 17.4. The second-order valence-electron chi connectivity index (χ2n) is 6.66. The minimum absolute atomic E-state index is 0.100. The SMILES string of the molecule is Cc1ccccc1C(=O)N1CCC(c2nc3ccc(F)cc3[nH]2)CC1. The van der Waals surface area contributed by atoms with Gasteiger partial charge in [-0.15, -0.1) is 0 Å². The fourth-order valence-electron chi connectivity index (χ4n) is 3.53. The van der Waals surface area contributed by atoms with Gasteiger partial charge in [-0.25, -0.2) is 9.37 Å². The van der Waals surface area contributed by atoms with E-state index in [-0.39, 0.29) is 17.6 Å². The molecule has 1 aliphatic rings. The number of fused-ring (bicyclic) bond motifs is 1. The van der Waals surface area contributed by atoms with Gasteiger partial charge >= 0.3 is 0 Å². The minimum Gasteiger partial charge on any atom is -0.342 e. The van der Waals surface area contributed by atoms with Crippen molar-refractivity contribution >= 4 is 16.9 Å². The van der Waals surface area contributed by atoms with Gasteiger partial charge in [0.2, 0.25) is 0 Å². The molecule has 0 spiro atoms. The second-order valence-corrected chi connectivity index (χ2v) is 6.66. The van der Waals surface area contributed by atoms with Crippen LogP contribution in [0.1, 0.15) is 40.5 Å². The number of imidazole rings is 1. The van der Waals surface area contributed by atoms with E-state index in [0.717, 1.165) is 40.8 Å². The van der Waals surface area contributed by atoms with Crippen LogP contribution in [0.5, 0.6) is 0 Å². The number of aromatic nitrogens is 2. The van der Waals surface area contributed by atoms with Crippen molar-refractivity contribution in [3.63, 3.8) is 0 Å². The maximum absolute atomic E-state index is 13.3. The van der Waals surface area contributed by atoms with Gasteiger partial charge in [0.05, 0.1) is 11.0 Å². The monoisotopic (exact) mass is 337 g/mol. The first-order valence-electron chi connectivity index (χ1n) is 8.62. The number of aryl methyl sites for hydroxylation is 1. The summed E-state index contributed by atoms with van der Waals surface area (Å²) in [6, 6.07) is 12.3. The van der Waals surface area contributed by atoms with E-state index in [1.54, 1.807) is 6.07 Å². The molecule has 0 saturated carbocycles. The molecular weight excluding hydrogens is 317 g/mol. The summed E-state index contributed by atoms with van der Waals surface area (Å²) in [4.78, 5) is 22.5. The molecule has 1 aromatic heterocycles. The van der Waals surface area contributed by atoms with Crippen molar-refractivity contribution in [2.45, 2.75) is 25.7 Å². The van der Waals surface area contributed by atoms with Crippen LogP contribution in [0.25, 0.3) is 11.0 Å². The van der Waals surface area contributed by atoms with Crippen LogP contribution in [0.3, 0.4) is 0 Å². The highest BCUT2D eigenvalue weighted by Crippen LogP contribution is 2.28. The van der Waals surface area contributed by atoms with E-state index in [0.29, 0.717) is 13.1 Å². The topological polar surface area (TPSA) is 49.0 Å². The van der Waals surface area contributed by atoms with Crippen LogP contribution in [0.2, 0.25) is 0 Å². The fourth-order valence-corrected chi connectivity index (χ4v) is 3.53. The maximum Gasteiger partial charge on any atom is 0.254 e. The first-order valence-corrected chi connectivity index (χ1v) is 8.62. The molecule has 1 saturated heterocycles. The smallest absolute Gasteiger partial charge is 0.254 e. The Morgan fingerprint density at radius 1 is 1.20 bits per heavy atom. The van der Waals surface area contributed by atoms with Gasteiger partial charge in [-0.1, -0.05) is 18.2 Å². The predicted octanol–water partition coefficient (Wildman–Crippen LogP) is 4.03. The Hall–Kier alpha value is -2.69. The zero-order valence-corrected chi connectivity index (χ0v) is 14.1. The number of hydrogen-bond donors (Lipinski definition) is 1. The molecule has 0 radical (unpaired) electrons. The van der Waals surface area contributed by atoms with E-state index in [1.165, 1.54) is 12.1 Å². The van der Waals surface area contributed by atoms with Crippen LogP contribution in [0, 0.1) is 12.7 Å². The molecule has 0 unspecified atom stereocenters. The molecule has 1 fully saturated rings. The number of benzene rings is 2. The van der Waals surface area contributed by atoms with E-state index >= 15 is 0 Å². The number of amides is 1. The van der Waals surface area contributed by atoms with E-state index < -0.39 is 0 Å². The standard InChI is InChI=1S/C20H20FN3O/c1-13-4-2-3-5-16(13)20(25)24-10-8-14(9-11-24)19-22-17-7-6-15(21)12-18(17)23-19/h2-7,12,14H,8-11H2,1H3,(H,22,23). The first-order chi connectivity index (χ1) is 12.1. The molecule has 128 valence electrons. The van der Waals surface area contributed by atoms with E-state index in [9.17, 15) is 9.18 Å². The molecule has 2 aromatic carbocycles. The lowest BCUT2D eigenvalue weighted by atomic mass is 9.95. The van der Waals surface area contributed by atoms with Crippen molar-refractivity contribution in [1.29, 1.82) is 0 Å². The Morgan fingerprint density at radius 2 is 1.96 bits per heavy atom. The molecule has 0 aliphatic carbocycles. The van der Waals surface area contributed by atoms with Crippen molar-refractivity contribution in [1.82, 2.24) is 14.9 Å². The van der Waals surface area contributed by atoms with Crippen molar-refractivity contribution < 1.29 is 9.18 Å². The quantitative estimate of drug-likeness (QED) is 0.767. The van der Waals surface area contributed by atoms with E-state index in [4.69, 9.17) is 0 Å². The summed E-state index contributed by atoms with van der Waals surface area (Å²) >= 11 is 0. The average molecular weight is 337 g/mol. The molecule has 5 heteroatoms. The van der Waals surface area contributed by atoms with Crippen LogP contribution in [-0.2, 0) is 0 Å². The molecule has 1 N–H and O–H groups in total. The molecule has 0 atom stereocenters. The number of nitrogens with one attached hydrogen (secondary N) is 1. The number of H-pyrrole nitrogens is 1. The highest BCUT2D eigenvalue weighted by Gasteiger charge is 2.26. The lowest BCUT2D eigenvalue weighted by molar-refractivity contribution is 0.0710. The third-order valence-electron chi connectivity index (χ3n) is 5.01. The molecule has 3 aromatic rings. The summed E-state index contributed by atoms with van der Waals surface area (Å²) in [7, 11) is 0. The van der Waals surface area contributed by atoms with Crippen molar-refractivity contribution in [3.8, 4) is 0 Å². The zero-order valence-electron chi connectivity index (χ0n) is 14.1. The number of aromatic amines is 1. The van der Waals surface area contributed by atoms with E-state index in [2.05, 4.69) is 9.97 Å². The van der Waals surface area contributed by atoms with Gasteiger partial charge in [0.15, 0.2) is 0 Å². The van der Waals surface area contributed by atoms with Crippen LogP contribution >= 0.6 is 0 Å². The van der Waals surface area contributed by atoms with Crippen molar-refractivity contribution in [2.24, 2.45) is 0 Å². The van der Waals surface area contributed by atoms with Crippen LogP contribution in [-0.4, -0.2) is 33.9 Å². The highest BCUT2D eigenvalue weighted by atomic mass is 19.1. The van der Waals surface area contributed by atoms with Gasteiger partial charge in [-0.2, -0.15) is 0 Å². The van der Waals surface area contributed by atoms with Crippen molar-refractivity contribution in [2.75, 3.05) is 13.1 Å². The Morgan fingerprint density at radius 3 is 2.72 bits per heavy atom.